The summed E-state index contributed by atoms with van der Waals surface area (Å²) in [5.41, 5.74) is 0.854. The lowest BCUT2D eigenvalue weighted by atomic mass is 10.1. The lowest BCUT2D eigenvalue weighted by molar-refractivity contribution is -0.116. The number of anilines is 1. The Balaban J connectivity index is 2.41. The van der Waals surface area contributed by atoms with Gasteiger partial charge in [-0.05, 0) is 36.6 Å². The molecule has 0 saturated carbocycles. The standard InChI is InChI=1S/C12H16BrNO/c1-9(2)3-8-12(15)14-11-6-4-10(13)5-7-11/h4-7,9H,3,8H2,1-2H3,(H,14,15). The highest BCUT2D eigenvalue weighted by molar-refractivity contribution is 9.10. The van der Waals surface area contributed by atoms with Crippen LogP contribution in [-0.4, -0.2) is 5.91 Å². The molecule has 0 spiro atoms. The molecule has 0 atom stereocenters. The zero-order valence-electron chi connectivity index (χ0n) is 9.09. The summed E-state index contributed by atoms with van der Waals surface area (Å²) in [6, 6.07) is 7.60. The van der Waals surface area contributed by atoms with Gasteiger partial charge in [0.1, 0.15) is 0 Å². The van der Waals surface area contributed by atoms with E-state index >= 15 is 0 Å². The molecule has 0 fully saturated rings. The van der Waals surface area contributed by atoms with E-state index in [1.165, 1.54) is 0 Å². The van der Waals surface area contributed by atoms with Crippen LogP contribution in [0, 0.1) is 5.92 Å². The zero-order valence-corrected chi connectivity index (χ0v) is 10.7. The van der Waals surface area contributed by atoms with E-state index in [1.807, 2.05) is 24.3 Å². The minimum absolute atomic E-state index is 0.0889. The molecule has 0 bridgehead atoms. The van der Waals surface area contributed by atoms with E-state index in [0.29, 0.717) is 12.3 Å². The average Bonchev–Trinajstić information content (AvgIpc) is 2.19. The van der Waals surface area contributed by atoms with Crippen molar-refractivity contribution < 1.29 is 4.79 Å². The smallest absolute Gasteiger partial charge is 0.224 e. The van der Waals surface area contributed by atoms with Crippen molar-refractivity contribution >= 4 is 27.5 Å². The van der Waals surface area contributed by atoms with Gasteiger partial charge in [0, 0.05) is 16.6 Å². The predicted molar refractivity (Wildman–Crippen MR) is 66.8 cm³/mol. The summed E-state index contributed by atoms with van der Waals surface area (Å²) in [5.74, 6) is 0.659. The lowest BCUT2D eigenvalue weighted by Crippen LogP contribution is -2.11. The van der Waals surface area contributed by atoms with E-state index in [9.17, 15) is 4.79 Å². The van der Waals surface area contributed by atoms with Gasteiger partial charge in [-0.15, -0.1) is 0 Å². The normalized spacial score (nSPS) is 10.4. The first-order chi connectivity index (χ1) is 7.08. The maximum atomic E-state index is 11.5. The number of benzene rings is 1. The Morgan fingerprint density at radius 1 is 1.33 bits per heavy atom. The average molecular weight is 270 g/mol. The van der Waals surface area contributed by atoms with Crippen LogP contribution in [0.15, 0.2) is 28.7 Å². The van der Waals surface area contributed by atoms with Crippen LogP contribution >= 0.6 is 15.9 Å². The van der Waals surface area contributed by atoms with Crippen LogP contribution in [0.25, 0.3) is 0 Å². The van der Waals surface area contributed by atoms with Gasteiger partial charge < -0.3 is 5.32 Å². The lowest BCUT2D eigenvalue weighted by Gasteiger charge is -2.06. The van der Waals surface area contributed by atoms with E-state index in [0.717, 1.165) is 16.6 Å². The van der Waals surface area contributed by atoms with E-state index in [1.54, 1.807) is 0 Å². The van der Waals surface area contributed by atoms with E-state index in [-0.39, 0.29) is 5.91 Å². The first-order valence-corrected chi connectivity index (χ1v) is 5.92. The second-order valence-electron chi connectivity index (χ2n) is 3.99. The largest absolute Gasteiger partial charge is 0.326 e. The van der Waals surface area contributed by atoms with Gasteiger partial charge in [-0.2, -0.15) is 0 Å². The van der Waals surface area contributed by atoms with Crippen LogP contribution in [0.4, 0.5) is 5.69 Å². The highest BCUT2D eigenvalue weighted by Crippen LogP contribution is 2.14. The van der Waals surface area contributed by atoms with Gasteiger partial charge in [0.2, 0.25) is 5.91 Å². The molecular weight excluding hydrogens is 254 g/mol. The third-order valence-electron chi connectivity index (χ3n) is 2.08. The Morgan fingerprint density at radius 3 is 2.47 bits per heavy atom. The Bertz CT molecular complexity index is 319. The van der Waals surface area contributed by atoms with Gasteiger partial charge in [-0.1, -0.05) is 29.8 Å². The minimum Gasteiger partial charge on any atom is -0.326 e. The molecule has 0 aliphatic carbocycles. The van der Waals surface area contributed by atoms with Crippen molar-refractivity contribution in [2.75, 3.05) is 5.32 Å². The fourth-order valence-electron chi connectivity index (χ4n) is 1.18. The molecule has 1 N–H and O–H groups in total. The van der Waals surface area contributed by atoms with Crippen molar-refractivity contribution in [1.29, 1.82) is 0 Å². The van der Waals surface area contributed by atoms with Crippen LogP contribution in [0.2, 0.25) is 0 Å². The summed E-state index contributed by atoms with van der Waals surface area (Å²) in [4.78, 5) is 11.5. The maximum absolute atomic E-state index is 11.5. The van der Waals surface area contributed by atoms with Crippen LogP contribution in [-0.2, 0) is 4.79 Å². The zero-order chi connectivity index (χ0) is 11.3. The molecule has 0 heterocycles. The van der Waals surface area contributed by atoms with Crippen molar-refractivity contribution in [1.82, 2.24) is 0 Å². The molecule has 0 saturated heterocycles. The van der Waals surface area contributed by atoms with Crippen LogP contribution in [0.1, 0.15) is 26.7 Å². The number of hydrogen-bond donors (Lipinski definition) is 1. The van der Waals surface area contributed by atoms with Crippen LogP contribution in [0.5, 0.6) is 0 Å². The molecular formula is C12H16BrNO. The molecule has 0 aromatic heterocycles. The third-order valence-corrected chi connectivity index (χ3v) is 2.61. The SMILES string of the molecule is CC(C)CCC(=O)Nc1ccc(Br)cc1. The number of amides is 1. The Morgan fingerprint density at radius 2 is 1.93 bits per heavy atom. The minimum atomic E-state index is 0.0889. The Kier molecular flexibility index (Phi) is 4.82. The summed E-state index contributed by atoms with van der Waals surface area (Å²) in [7, 11) is 0. The summed E-state index contributed by atoms with van der Waals surface area (Å²) >= 11 is 3.35. The summed E-state index contributed by atoms with van der Waals surface area (Å²) in [5, 5.41) is 2.86. The van der Waals surface area contributed by atoms with E-state index in [2.05, 4.69) is 35.1 Å². The molecule has 2 nitrogen and oxygen atoms in total. The van der Waals surface area contributed by atoms with Crippen molar-refractivity contribution in [3.8, 4) is 0 Å². The number of halogens is 1. The molecule has 82 valence electrons. The molecule has 1 amide bonds. The predicted octanol–water partition coefficient (Wildman–Crippen LogP) is 3.82. The molecule has 3 heteroatoms. The highest BCUT2D eigenvalue weighted by atomic mass is 79.9. The number of carbonyl (C=O) groups excluding carboxylic acids is 1. The van der Waals surface area contributed by atoms with Crippen LogP contribution < -0.4 is 5.32 Å². The molecule has 1 aromatic carbocycles. The Labute approximate surface area is 99.2 Å². The van der Waals surface area contributed by atoms with Gasteiger partial charge in [0.15, 0.2) is 0 Å². The molecule has 15 heavy (non-hydrogen) atoms. The summed E-state index contributed by atoms with van der Waals surface area (Å²) in [6.07, 6.45) is 1.52. The van der Waals surface area contributed by atoms with Gasteiger partial charge in [-0.25, -0.2) is 0 Å². The summed E-state index contributed by atoms with van der Waals surface area (Å²) < 4.78 is 1.02. The number of carbonyl (C=O) groups is 1. The molecule has 0 unspecified atom stereocenters. The quantitative estimate of drug-likeness (QED) is 0.885. The number of hydrogen-bond acceptors (Lipinski definition) is 1. The maximum Gasteiger partial charge on any atom is 0.224 e. The molecule has 0 aliphatic heterocycles. The van der Waals surface area contributed by atoms with Gasteiger partial charge in [0.25, 0.3) is 0 Å². The van der Waals surface area contributed by atoms with Crippen molar-refractivity contribution in [3.63, 3.8) is 0 Å². The van der Waals surface area contributed by atoms with E-state index in [4.69, 9.17) is 0 Å². The van der Waals surface area contributed by atoms with Crippen LogP contribution in [0.3, 0.4) is 0 Å². The summed E-state index contributed by atoms with van der Waals surface area (Å²) in [6.45, 7) is 4.24. The molecule has 0 aliphatic rings. The first-order valence-electron chi connectivity index (χ1n) is 5.13. The van der Waals surface area contributed by atoms with E-state index < -0.39 is 0 Å². The van der Waals surface area contributed by atoms with Gasteiger partial charge >= 0.3 is 0 Å². The Hall–Kier alpha value is -0.830. The number of rotatable bonds is 4. The van der Waals surface area contributed by atoms with Crippen molar-refractivity contribution in [3.05, 3.63) is 28.7 Å². The van der Waals surface area contributed by atoms with Crippen molar-refractivity contribution in [2.24, 2.45) is 5.92 Å². The monoisotopic (exact) mass is 269 g/mol. The third kappa shape index (κ3) is 4.98. The fraction of sp³-hybridized carbons (Fsp3) is 0.417. The number of nitrogens with one attached hydrogen (secondary N) is 1. The topological polar surface area (TPSA) is 29.1 Å². The molecule has 0 radical (unpaired) electrons. The second-order valence-corrected chi connectivity index (χ2v) is 4.90. The second kappa shape index (κ2) is 5.91. The van der Waals surface area contributed by atoms with Gasteiger partial charge in [-0.3, -0.25) is 4.79 Å². The van der Waals surface area contributed by atoms with Gasteiger partial charge in [0.05, 0.1) is 0 Å². The first kappa shape index (κ1) is 12.2. The highest BCUT2D eigenvalue weighted by Gasteiger charge is 2.03. The molecule has 1 rings (SSSR count). The molecule has 1 aromatic rings. The fourth-order valence-corrected chi connectivity index (χ4v) is 1.44. The van der Waals surface area contributed by atoms with Crippen molar-refractivity contribution in [2.45, 2.75) is 26.7 Å².